The van der Waals surface area contributed by atoms with Gasteiger partial charge in [-0.1, -0.05) is 13.3 Å². The van der Waals surface area contributed by atoms with Gasteiger partial charge in [0.05, 0.1) is 0 Å². The van der Waals surface area contributed by atoms with E-state index in [0.717, 1.165) is 25.1 Å². The lowest BCUT2D eigenvalue weighted by atomic mass is 10.3. The third kappa shape index (κ3) is 2.35. The van der Waals surface area contributed by atoms with Crippen molar-refractivity contribution in [1.82, 2.24) is 9.97 Å². The fourth-order valence-electron chi connectivity index (χ4n) is 1.07. The van der Waals surface area contributed by atoms with Crippen LogP contribution in [-0.2, 0) is 12.8 Å². The number of nitrogens with two attached hydrogens (primary N) is 1. The Bertz CT molecular complexity index is 184. The molecule has 0 aliphatic rings. The zero-order chi connectivity index (χ0) is 8.10. The lowest BCUT2D eigenvalue weighted by molar-refractivity contribution is 0.858. The quantitative estimate of drug-likeness (QED) is 0.674. The van der Waals surface area contributed by atoms with Gasteiger partial charge in [-0.15, -0.1) is 0 Å². The van der Waals surface area contributed by atoms with Crippen molar-refractivity contribution in [3.8, 4) is 0 Å². The van der Waals surface area contributed by atoms with E-state index in [1.165, 1.54) is 5.69 Å². The van der Waals surface area contributed by atoms with Gasteiger partial charge < -0.3 is 10.7 Å². The summed E-state index contributed by atoms with van der Waals surface area (Å²) in [7, 11) is 0. The number of hydrogen-bond acceptors (Lipinski definition) is 2. The maximum Gasteiger partial charge on any atom is 0.107 e. The molecule has 3 nitrogen and oxygen atoms in total. The molecule has 0 radical (unpaired) electrons. The summed E-state index contributed by atoms with van der Waals surface area (Å²) < 4.78 is 0. The number of aryl methyl sites for hydroxylation is 1. The number of imidazole rings is 1. The Balaban J connectivity index is 2.51. The topological polar surface area (TPSA) is 54.7 Å². The molecule has 1 rings (SSSR count). The molecule has 0 atom stereocenters. The second-order valence-corrected chi connectivity index (χ2v) is 2.64. The molecule has 0 fully saturated rings. The van der Waals surface area contributed by atoms with Gasteiger partial charge in [-0.25, -0.2) is 4.98 Å². The van der Waals surface area contributed by atoms with E-state index in [4.69, 9.17) is 5.73 Å². The van der Waals surface area contributed by atoms with Gasteiger partial charge in [0.1, 0.15) is 5.82 Å². The maximum absolute atomic E-state index is 5.38. The fourth-order valence-corrected chi connectivity index (χ4v) is 1.07. The van der Waals surface area contributed by atoms with E-state index in [9.17, 15) is 0 Å². The average Bonchev–Trinajstić information content (AvgIpc) is 2.38. The molecule has 0 saturated heterocycles. The molecule has 3 N–H and O–H groups in total. The molecule has 0 aromatic carbocycles. The summed E-state index contributed by atoms with van der Waals surface area (Å²) in [5, 5.41) is 0. The molecule has 0 bridgehead atoms. The highest BCUT2D eigenvalue weighted by Gasteiger charge is 1.97. The minimum Gasteiger partial charge on any atom is -0.346 e. The lowest BCUT2D eigenvalue weighted by Crippen LogP contribution is -2.03. The highest BCUT2D eigenvalue weighted by Crippen LogP contribution is 2.00. The Labute approximate surface area is 67.0 Å². The van der Waals surface area contributed by atoms with Crippen molar-refractivity contribution in [3.05, 3.63) is 17.7 Å². The molecule has 0 unspecified atom stereocenters. The number of nitrogens with zero attached hydrogens (tertiary/aromatic N) is 1. The van der Waals surface area contributed by atoms with Crippen LogP contribution in [0.4, 0.5) is 0 Å². The predicted octanol–water partition coefficient (Wildman–Crippen LogP) is 0.863. The average molecular weight is 153 g/mol. The van der Waals surface area contributed by atoms with Gasteiger partial charge in [0, 0.05) is 18.3 Å². The van der Waals surface area contributed by atoms with Crippen LogP contribution < -0.4 is 5.73 Å². The summed E-state index contributed by atoms with van der Waals surface area (Å²) in [4.78, 5) is 7.41. The summed E-state index contributed by atoms with van der Waals surface area (Å²) in [6.07, 6.45) is 4.99. The first kappa shape index (κ1) is 8.27. The molecule has 0 saturated carbocycles. The van der Waals surface area contributed by atoms with E-state index in [1.54, 1.807) is 0 Å². The lowest BCUT2D eigenvalue weighted by Gasteiger charge is -1.91. The first-order chi connectivity index (χ1) is 5.36. The number of H-pyrrole nitrogens is 1. The van der Waals surface area contributed by atoms with Gasteiger partial charge in [0.15, 0.2) is 0 Å². The summed E-state index contributed by atoms with van der Waals surface area (Å²) >= 11 is 0. The molecule has 11 heavy (non-hydrogen) atoms. The van der Waals surface area contributed by atoms with Crippen molar-refractivity contribution >= 4 is 0 Å². The first-order valence-electron chi connectivity index (χ1n) is 4.09. The van der Waals surface area contributed by atoms with E-state index >= 15 is 0 Å². The number of hydrogen-bond donors (Lipinski definition) is 2. The van der Waals surface area contributed by atoms with Crippen molar-refractivity contribution in [2.75, 3.05) is 6.54 Å². The largest absolute Gasteiger partial charge is 0.346 e. The molecule has 62 valence electrons. The van der Waals surface area contributed by atoms with Crippen molar-refractivity contribution in [2.45, 2.75) is 26.2 Å². The van der Waals surface area contributed by atoms with Crippen molar-refractivity contribution in [3.63, 3.8) is 0 Å². The third-order valence-electron chi connectivity index (χ3n) is 1.58. The van der Waals surface area contributed by atoms with Crippen LogP contribution in [0.5, 0.6) is 0 Å². The molecule has 0 amide bonds. The summed E-state index contributed by atoms with van der Waals surface area (Å²) in [5.74, 6) is 1.01. The number of rotatable bonds is 4. The Morgan fingerprint density at radius 1 is 1.55 bits per heavy atom. The van der Waals surface area contributed by atoms with E-state index in [2.05, 4.69) is 16.9 Å². The van der Waals surface area contributed by atoms with Crippen molar-refractivity contribution < 1.29 is 0 Å². The zero-order valence-electron chi connectivity index (χ0n) is 6.93. The molecular formula is C8H15N3. The van der Waals surface area contributed by atoms with Gasteiger partial charge >= 0.3 is 0 Å². The standard InChI is InChI=1S/C8H15N3/c1-2-3-7-6-10-8(11-7)4-5-9/h6H,2-5,9H2,1H3,(H,10,11). The zero-order valence-corrected chi connectivity index (χ0v) is 6.93. The highest BCUT2D eigenvalue weighted by molar-refractivity contribution is 5.01. The molecule has 1 aromatic heterocycles. The van der Waals surface area contributed by atoms with E-state index in [0.29, 0.717) is 6.54 Å². The summed E-state index contributed by atoms with van der Waals surface area (Å²) in [5.41, 5.74) is 6.60. The Morgan fingerprint density at radius 2 is 2.36 bits per heavy atom. The second-order valence-electron chi connectivity index (χ2n) is 2.64. The minimum absolute atomic E-state index is 0.666. The smallest absolute Gasteiger partial charge is 0.107 e. The van der Waals surface area contributed by atoms with Gasteiger partial charge in [0.2, 0.25) is 0 Å². The Hall–Kier alpha value is -0.830. The van der Waals surface area contributed by atoms with Crippen LogP contribution in [-0.4, -0.2) is 16.5 Å². The van der Waals surface area contributed by atoms with Crippen LogP contribution in [0.1, 0.15) is 24.9 Å². The number of nitrogens with one attached hydrogen (secondary N) is 1. The first-order valence-corrected chi connectivity index (χ1v) is 4.09. The molecule has 1 heterocycles. The van der Waals surface area contributed by atoms with Crippen LogP contribution in [0.3, 0.4) is 0 Å². The van der Waals surface area contributed by atoms with Gasteiger partial charge in [-0.2, -0.15) is 0 Å². The van der Waals surface area contributed by atoms with Gasteiger partial charge in [0.25, 0.3) is 0 Å². The minimum atomic E-state index is 0.666. The third-order valence-corrected chi connectivity index (χ3v) is 1.58. The van der Waals surface area contributed by atoms with Gasteiger partial charge in [-0.05, 0) is 13.0 Å². The van der Waals surface area contributed by atoms with E-state index in [-0.39, 0.29) is 0 Å². The van der Waals surface area contributed by atoms with E-state index in [1.807, 2.05) is 6.20 Å². The molecule has 0 aliphatic heterocycles. The van der Waals surface area contributed by atoms with Crippen LogP contribution in [0.15, 0.2) is 6.20 Å². The Kier molecular flexibility index (Phi) is 3.11. The van der Waals surface area contributed by atoms with Crippen LogP contribution in [0.2, 0.25) is 0 Å². The van der Waals surface area contributed by atoms with Crippen molar-refractivity contribution in [2.24, 2.45) is 5.73 Å². The molecule has 1 aromatic rings. The second kappa shape index (κ2) is 4.13. The molecule has 0 spiro atoms. The molecular weight excluding hydrogens is 138 g/mol. The SMILES string of the molecule is CCCc1cnc(CCN)[nH]1. The summed E-state index contributed by atoms with van der Waals surface area (Å²) in [6, 6.07) is 0. The van der Waals surface area contributed by atoms with E-state index < -0.39 is 0 Å². The predicted molar refractivity (Wildman–Crippen MR) is 45.3 cm³/mol. The molecule has 3 heteroatoms. The molecule has 0 aliphatic carbocycles. The summed E-state index contributed by atoms with van der Waals surface area (Å²) in [6.45, 7) is 2.82. The maximum atomic E-state index is 5.38. The van der Waals surface area contributed by atoms with Crippen LogP contribution in [0.25, 0.3) is 0 Å². The normalized spacial score (nSPS) is 10.4. The number of aromatic nitrogens is 2. The van der Waals surface area contributed by atoms with Crippen LogP contribution in [0, 0.1) is 0 Å². The van der Waals surface area contributed by atoms with Crippen molar-refractivity contribution in [1.29, 1.82) is 0 Å². The Morgan fingerprint density at radius 3 is 3.00 bits per heavy atom. The monoisotopic (exact) mass is 153 g/mol. The van der Waals surface area contributed by atoms with Gasteiger partial charge in [-0.3, -0.25) is 0 Å². The van der Waals surface area contributed by atoms with Crippen LogP contribution >= 0.6 is 0 Å². The fraction of sp³-hybridized carbons (Fsp3) is 0.625. The highest BCUT2D eigenvalue weighted by atomic mass is 14.9. The number of aromatic amines is 1.